The lowest BCUT2D eigenvalue weighted by atomic mass is 9.94. The Morgan fingerprint density at radius 3 is 2.22 bits per heavy atom. The van der Waals surface area contributed by atoms with E-state index in [1.54, 1.807) is 0 Å². The second-order valence-electron chi connectivity index (χ2n) is 4.64. The van der Waals surface area contributed by atoms with E-state index in [1.165, 1.54) is 6.92 Å². The lowest BCUT2D eigenvalue weighted by Gasteiger charge is -2.20. The average Bonchev–Trinajstić information content (AvgIpc) is 2.21. The number of aryl methyl sites for hydroxylation is 3. The van der Waals surface area contributed by atoms with Crippen LogP contribution in [0.15, 0.2) is 12.1 Å². The van der Waals surface area contributed by atoms with Gasteiger partial charge in [0.15, 0.2) is 0 Å². The third-order valence-electron chi connectivity index (χ3n) is 3.01. The maximum Gasteiger partial charge on any atom is 0.305 e. The Morgan fingerprint density at radius 1 is 1.17 bits per heavy atom. The molecular formula is C14H19NO3. The van der Waals surface area contributed by atoms with Crippen molar-refractivity contribution < 1.29 is 14.7 Å². The third-order valence-corrected chi connectivity index (χ3v) is 3.01. The normalized spacial score (nSPS) is 12.0. The molecule has 0 aromatic heterocycles. The van der Waals surface area contributed by atoms with E-state index in [0.717, 1.165) is 22.3 Å². The molecule has 0 bridgehead atoms. The monoisotopic (exact) mass is 249 g/mol. The Kier molecular flexibility index (Phi) is 4.48. The van der Waals surface area contributed by atoms with Crippen LogP contribution in [0.1, 0.15) is 41.6 Å². The number of rotatable bonds is 4. The first-order valence-electron chi connectivity index (χ1n) is 5.88. The lowest BCUT2D eigenvalue weighted by Crippen LogP contribution is -2.28. The summed E-state index contributed by atoms with van der Waals surface area (Å²) in [5, 5.41) is 11.6. The molecule has 0 spiro atoms. The van der Waals surface area contributed by atoms with Gasteiger partial charge in [-0.3, -0.25) is 9.59 Å². The van der Waals surface area contributed by atoms with Gasteiger partial charge in [0, 0.05) is 6.92 Å². The van der Waals surface area contributed by atoms with E-state index in [-0.39, 0.29) is 12.3 Å². The van der Waals surface area contributed by atoms with Gasteiger partial charge in [0.2, 0.25) is 5.91 Å². The van der Waals surface area contributed by atoms with Crippen LogP contribution < -0.4 is 5.32 Å². The molecule has 0 saturated carbocycles. The van der Waals surface area contributed by atoms with E-state index in [0.29, 0.717) is 0 Å². The van der Waals surface area contributed by atoms with Crippen LogP contribution in [0, 0.1) is 20.8 Å². The molecule has 1 aromatic rings. The van der Waals surface area contributed by atoms with Gasteiger partial charge < -0.3 is 10.4 Å². The summed E-state index contributed by atoms with van der Waals surface area (Å²) < 4.78 is 0. The average molecular weight is 249 g/mol. The van der Waals surface area contributed by atoms with Gasteiger partial charge in [0.1, 0.15) is 0 Å². The van der Waals surface area contributed by atoms with Crippen LogP contribution in [0.2, 0.25) is 0 Å². The number of aliphatic carboxylic acids is 1. The second-order valence-corrected chi connectivity index (χ2v) is 4.64. The number of benzene rings is 1. The minimum Gasteiger partial charge on any atom is -0.481 e. The van der Waals surface area contributed by atoms with E-state index >= 15 is 0 Å². The summed E-state index contributed by atoms with van der Waals surface area (Å²) in [7, 11) is 0. The number of hydrogen-bond acceptors (Lipinski definition) is 2. The maximum absolute atomic E-state index is 11.2. The Hall–Kier alpha value is -1.84. The highest BCUT2D eigenvalue weighted by Crippen LogP contribution is 2.24. The molecule has 0 fully saturated rings. The number of amides is 1. The zero-order chi connectivity index (χ0) is 13.9. The second kappa shape index (κ2) is 5.67. The van der Waals surface area contributed by atoms with Crippen LogP contribution >= 0.6 is 0 Å². The highest BCUT2D eigenvalue weighted by atomic mass is 16.4. The smallest absolute Gasteiger partial charge is 0.305 e. The minimum atomic E-state index is -0.925. The van der Waals surface area contributed by atoms with E-state index in [4.69, 9.17) is 5.11 Å². The fourth-order valence-corrected chi connectivity index (χ4v) is 2.02. The van der Waals surface area contributed by atoms with Crippen LogP contribution in [-0.4, -0.2) is 17.0 Å². The molecule has 0 heterocycles. The summed E-state index contributed by atoms with van der Waals surface area (Å²) in [5.41, 5.74) is 4.12. The molecule has 0 radical (unpaired) electrons. The van der Waals surface area contributed by atoms with Gasteiger partial charge in [0.05, 0.1) is 12.5 Å². The van der Waals surface area contributed by atoms with Crippen molar-refractivity contribution >= 4 is 11.9 Å². The maximum atomic E-state index is 11.2. The van der Waals surface area contributed by atoms with Crippen LogP contribution in [0.4, 0.5) is 0 Å². The molecule has 4 heteroatoms. The summed E-state index contributed by atoms with van der Waals surface area (Å²) in [5.74, 6) is -1.15. The van der Waals surface area contributed by atoms with E-state index in [9.17, 15) is 9.59 Å². The number of nitrogens with one attached hydrogen (secondary N) is 1. The van der Waals surface area contributed by atoms with Crippen LogP contribution in [-0.2, 0) is 9.59 Å². The predicted octanol–water partition coefficient (Wildman–Crippen LogP) is 2.26. The molecule has 1 aromatic carbocycles. The fourth-order valence-electron chi connectivity index (χ4n) is 2.02. The van der Waals surface area contributed by atoms with Crippen LogP contribution in [0.25, 0.3) is 0 Å². The van der Waals surface area contributed by atoms with Gasteiger partial charge in [-0.15, -0.1) is 0 Å². The molecular weight excluding hydrogens is 230 g/mol. The van der Waals surface area contributed by atoms with E-state index in [2.05, 4.69) is 5.32 Å². The van der Waals surface area contributed by atoms with Crippen LogP contribution in [0.5, 0.6) is 0 Å². The van der Waals surface area contributed by atoms with Crippen molar-refractivity contribution in [3.05, 3.63) is 34.4 Å². The number of hydrogen-bond donors (Lipinski definition) is 2. The highest BCUT2D eigenvalue weighted by molar-refractivity contribution is 5.75. The topological polar surface area (TPSA) is 66.4 Å². The Bertz CT molecular complexity index is 464. The summed E-state index contributed by atoms with van der Waals surface area (Å²) in [4.78, 5) is 22.0. The van der Waals surface area contributed by atoms with Gasteiger partial charge >= 0.3 is 5.97 Å². The highest BCUT2D eigenvalue weighted by Gasteiger charge is 2.19. The SMILES string of the molecule is CC(=O)N[C@H](CC(=O)O)c1cc(C)c(C)cc1C. The minimum absolute atomic E-state index is 0.108. The zero-order valence-electron chi connectivity index (χ0n) is 11.2. The van der Waals surface area contributed by atoms with Gasteiger partial charge in [-0.05, 0) is 43.0 Å². The molecule has 18 heavy (non-hydrogen) atoms. The number of carboxylic acid groups (broad SMARTS) is 1. The molecule has 98 valence electrons. The third kappa shape index (κ3) is 3.58. The summed E-state index contributed by atoms with van der Waals surface area (Å²) in [6.45, 7) is 7.31. The summed E-state index contributed by atoms with van der Waals surface area (Å²) in [6.07, 6.45) is -0.108. The quantitative estimate of drug-likeness (QED) is 0.860. The van der Waals surface area contributed by atoms with E-state index < -0.39 is 12.0 Å². The molecule has 0 aliphatic heterocycles. The first-order chi connectivity index (χ1) is 8.31. The molecule has 0 aliphatic rings. The Labute approximate surface area is 107 Å². The predicted molar refractivity (Wildman–Crippen MR) is 69.5 cm³/mol. The fraction of sp³-hybridized carbons (Fsp3) is 0.429. The molecule has 1 atom stereocenters. The first-order valence-corrected chi connectivity index (χ1v) is 5.88. The molecule has 1 rings (SSSR count). The van der Waals surface area contributed by atoms with Crippen LogP contribution in [0.3, 0.4) is 0 Å². The van der Waals surface area contributed by atoms with Crippen molar-refractivity contribution in [3.63, 3.8) is 0 Å². The molecule has 1 amide bonds. The Morgan fingerprint density at radius 2 is 1.72 bits per heavy atom. The van der Waals surface area contributed by atoms with Gasteiger partial charge in [-0.2, -0.15) is 0 Å². The van der Waals surface area contributed by atoms with Crippen molar-refractivity contribution in [2.45, 2.75) is 40.2 Å². The Balaban J connectivity index is 3.15. The van der Waals surface area contributed by atoms with Crippen molar-refractivity contribution in [3.8, 4) is 0 Å². The molecule has 0 aliphatic carbocycles. The van der Waals surface area contributed by atoms with Crippen molar-refractivity contribution in [1.29, 1.82) is 0 Å². The van der Waals surface area contributed by atoms with Gasteiger partial charge in [0.25, 0.3) is 0 Å². The number of carbonyl (C=O) groups is 2. The van der Waals surface area contributed by atoms with Crippen molar-refractivity contribution in [1.82, 2.24) is 5.32 Å². The van der Waals surface area contributed by atoms with Crippen molar-refractivity contribution in [2.24, 2.45) is 0 Å². The standard InChI is InChI=1S/C14H19NO3/c1-8-5-10(3)12(6-9(8)2)13(7-14(17)18)15-11(4)16/h5-6,13H,7H2,1-4H3,(H,15,16)(H,17,18)/t13-/m1/s1. The van der Waals surface area contributed by atoms with Crippen molar-refractivity contribution in [2.75, 3.05) is 0 Å². The molecule has 0 unspecified atom stereocenters. The lowest BCUT2D eigenvalue weighted by molar-refractivity contribution is -0.137. The number of carbonyl (C=O) groups excluding carboxylic acids is 1. The largest absolute Gasteiger partial charge is 0.481 e. The summed E-state index contributed by atoms with van der Waals surface area (Å²) >= 11 is 0. The van der Waals surface area contributed by atoms with Gasteiger partial charge in [-0.25, -0.2) is 0 Å². The van der Waals surface area contributed by atoms with E-state index in [1.807, 2.05) is 32.9 Å². The number of carboxylic acids is 1. The molecule has 0 saturated heterocycles. The summed E-state index contributed by atoms with van der Waals surface area (Å²) in [6, 6.07) is 3.49. The zero-order valence-corrected chi connectivity index (χ0v) is 11.2. The molecule has 2 N–H and O–H groups in total. The van der Waals surface area contributed by atoms with Gasteiger partial charge in [-0.1, -0.05) is 12.1 Å². The molecule has 4 nitrogen and oxygen atoms in total. The first kappa shape index (κ1) is 14.2.